The van der Waals surface area contributed by atoms with Crippen LogP contribution < -0.4 is 25.3 Å². The van der Waals surface area contributed by atoms with Crippen molar-refractivity contribution in [2.75, 3.05) is 47.4 Å². The second-order valence-electron chi connectivity index (χ2n) is 10.1. The van der Waals surface area contributed by atoms with Crippen LogP contribution in [0.15, 0.2) is 55.4 Å². The largest absolute Gasteiger partial charge is 0.494 e. The van der Waals surface area contributed by atoms with Gasteiger partial charge in [-0.25, -0.2) is 23.8 Å². The maximum absolute atomic E-state index is 14.6. The number of benzene rings is 2. The highest BCUT2D eigenvalue weighted by molar-refractivity contribution is 6.02. The van der Waals surface area contributed by atoms with E-state index in [4.69, 9.17) is 14.3 Å². The van der Waals surface area contributed by atoms with E-state index in [1.165, 1.54) is 29.6 Å². The molecule has 0 saturated carbocycles. The van der Waals surface area contributed by atoms with Crippen molar-refractivity contribution in [1.29, 1.82) is 0 Å². The van der Waals surface area contributed by atoms with E-state index in [-0.39, 0.29) is 23.7 Å². The lowest BCUT2D eigenvalue weighted by Crippen LogP contribution is -2.43. The molecule has 3 aliphatic heterocycles. The molecule has 41 heavy (non-hydrogen) atoms. The lowest BCUT2D eigenvalue weighted by atomic mass is 10.0. The number of nitrogens with zero attached hydrogens (tertiary/aromatic N) is 4. The van der Waals surface area contributed by atoms with E-state index < -0.39 is 17.7 Å². The van der Waals surface area contributed by atoms with Crippen LogP contribution in [0.5, 0.6) is 5.75 Å². The van der Waals surface area contributed by atoms with Crippen molar-refractivity contribution in [2.24, 2.45) is 0 Å². The molecule has 12 heteroatoms. The monoisotopic (exact) mass is 564 g/mol. The number of ether oxygens (including phenoxy) is 2. The Morgan fingerprint density at radius 1 is 1.12 bits per heavy atom. The quantitative estimate of drug-likeness (QED) is 0.371. The summed E-state index contributed by atoms with van der Waals surface area (Å²) < 4.78 is 40.3. The van der Waals surface area contributed by atoms with Gasteiger partial charge in [-0.15, -0.1) is 0 Å². The Morgan fingerprint density at radius 2 is 1.93 bits per heavy atom. The van der Waals surface area contributed by atoms with Crippen molar-refractivity contribution in [2.45, 2.75) is 37.5 Å². The van der Waals surface area contributed by atoms with E-state index in [0.717, 1.165) is 24.6 Å². The third-order valence-corrected chi connectivity index (χ3v) is 7.53. The lowest BCUT2D eigenvalue weighted by Gasteiger charge is -2.35. The van der Waals surface area contributed by atoms with Crippen LogP contribution in [-0.4, -0.2) is 54.9 Å². The summed E-state index contributed by atoms with van der Waals surface area (Å²) in [4.78, 5) is 29.0. The highest BCUT2D eigenvalue weighted by Crippen LogP contribution is 2.41. The summed E-state index contributed by atoms with van der Waals surface area (Å²) >= 11 is 0. The Morgan fingerprint density at radius 3 is 2.68 bits per heavy atom. The fourth-order valence-corrected chi connectivity index (χ4v) is 5.62. The number of aromatic nitrogens is 2. The highest BCUT2D eigenvalue weighted by atomic mass is 19.2. The molecule has 0 aliphatic carbocycles. The van der Waals surface area contributed by atoms with Crippen LogP contribution in [0, 0.1) is 11.6 Å². The molecular formula is C29H30F2N6O4. The minimum absolute atomic E-state index is 0.150. The molecule has 3 atom stereocenters. The van der Waals surface area contributed by atoms with Gasteiger partial charge in [0.25, 0.3) is 0 Å². The maximum atomic E-state index is 14.6. The minimum Gasteiger partial charge on any atom is -0.494 e. The van der Waals surface area contributed by atoms with Crippen LogP contribution in [0.4, 0.5) is 37.5 Å². The third kappa shape index (κ3) is 5.40. The first kappa shape index (κ1) is 26.9. The third-order valence-electron chi connectivity index (χ3n) is 7.53. The molecule has 2 bridgehead atoms. The number of carbonyl (C=O) groups is 1. The highest BCUT2D eigenvalue weighted by Gasteiger charge is 2.35. The molecule has 3 aromatic rings. The Bertz CT molecular complexity index is 1460. The van der Waals surface area contributed by atoms with Gasteiger partial charge >= 0.3 is 0 Å². The smallest absolute Gasteiger partial charge is 0.247 e. The fraction of sp³-hybridized carbons (Fsp3) is 0.345. The maximum Gasteiger partial charge on any atom is 0.247 e. The number of methoxy groups -OCH3 is 1. The van der Waals surface area contributed by atoms with Crippen LogP contribution >= 0.6 is 0 Å². The molecule has 1 amide bonds. The zero-order chi connectivity index (χ0) is 28.5. The number of carbonyl (C=O) groups excluding carboxylic acids is 1. The summed E-state index contributed by atoms with van der Waals surface area (Å²) in [7, 11) is 1.57. The molecule has 2 N–H and O–H groups in total. The number of amides is 1. The zero-order valence-electron chi connectivity index (χ0n) is 22.5. The SMILES string of the molecule is C=CC(=O)Nc1cc(Nc2cc(N3OCC[C@@H]3c3cccc(F)c3F)ncn2)c(OC)cc1N1CC2CCC(C1)O2. The number of hydrogen-bond acceptors (Lipinski definition) is 9. The van der Waals surface area contributed by atoms with E-state index >= 15 is 0 Å². The topological polar surface area (TPSA) is 101 Å². The Hall–Kier alpha value is -4.29. The molecule has 0 radical (unpaired) electrons. The van der Waals surface area contributed by atoms with Crippen LogP contribution in [-0.2, 0) is 14.4 Å². The van der Waals surface area contributed by atoms with Crippen LogP contribution in [0.3, 0.4) is 0 Å². The number of halogens is 2. The average Bonchev–Trinajstić information content (AvgIpc) is 3.60. The first-order valence-corrected chi connectivity index (χ1v) is 13.4. The molecule has 10 nitrogen and oxygen atoms in total. The Labute approximate surface area is 235 Å². The fourth-order valence-electron chi connectivity index (χ4n) is 5.62. The number of hydroxylamine groups is 1. The molecule has 3 saturated heterocycles. The van der Waals surface area contributed by atoms with Crippen LogP contribution in [0.25, 0.3) is 0 Å². The second kappa shape index (κ2) is 11.3. The molecule has 6 rings (SSSR count). The van der Waals surface area contributed by atoms with E-state index in [2.05, 4.69) is 32.1 Å². The van der Waals surface area contributed by atoms with Gasteiger partial charge in [0.15, 0.2) is 17.5 Å². The number of rotatable bonds is 8. The molecule has 3 aliphatic rings. The zero-order valence-corrected chi connectivity index (χ0v) is 22.5. The number of fused-ring (bicyclic) bond motifs is 2. The number of hydrogen-bond donors (Lipinski definition) is 2. The first-order valence-electron chi connectivity index (χ1n) is 13.4. The van der Waals surface area contributed by atoms with Crippen LogP contribution in [0.2, 0.25) is 0 Å². The Balaban J connectivity index is 1.30. The van der Waals surface area contributed by atoms with Gasteiger partial charge < -0.3 is 25.0 Å². The average molecular weight is 565 g/mol. The van der Waals surface area contributed by atoms with Gasteiger partial charge in [-0.3, -0.25) is 9.63 Å². The molecule has 3 fully saturated rings. The summed E-state index contributed by atoms with van der Waals surface area (Å²) in [6.07, 6.45) is 5.34. The van der Waals surface area contributed by atoms with Gasteiger partial charge in [-0.05, 0) is 31.1 Å². The van der Waals surface area contributed by atoms with Crippen molar-refractivity contribution in [3.63, 3.8) is 0 Å². The van der Waals surface area contributed by atoms with Crippen molar-refractivity contribution in [1.82, 2.24) is 9.97 Å². The molecular weight excluding hydrogens is 534 g/mol. The van der Waals surface area contributed by atoms with Gasteiger partial charge in [0.05, 0.1) is 49.0 Å². The number of morpholine rings is 1. The first-order chi connectivity index (χ1) is 19.9. The van der Waals surface area contributed by atoms with Crippen molar-refractivity contribution in [3.8, 4) is 5.75 Å². The lowest BCUT2D eigenvalue weighted by molar-refractivity contribution is -0.111. The van der Waals surface area contributed by atoms with Gasteiger partial charge in [0.2, 0.25) is 5.91 Å². The predicted molar refractivity (Wildman–Crippen MR) is 149 cm³/mol. The second-order valence-corrected chi connectivity index (χ2v) is 10.1. The normalized spacial score (nSPS) is 21.6. The summed E-state index contributed by atoms with van der Waals surface area (Å²) in [6.45, 7) is 5.32. The van der Waals surface area contributed by atoms with Crippen molar-refractivity contribution >= 4 is 34.6 Å². The molecule has 0 spiro atoms. The molecule has 214 valence electrons. The minimum atomic E-state index is -0.918. The van der Waals surface area contributed by atoms with Crippen molar-refractivity contribution in [3.05, 3.63) is 72.6 Å². The van der Waals surface area contributed by atoms with Crippen LogP contribution in [0.1, 0.15) is 30.9 Å². The standard InChI is InChI=1S/C29H30F2N6O4/c1-3-28(38)35-21-11-22(25(39-2)12-24(21)36-14-17-7-8-18(15-36)41-17)34-26-13-27(33-16-32-26)37-23(9-10-40-37)19-5-4-6-20(30)29(19)31/h3-6,11-13,16-18,23H,1,7-10,14-15H2,2H3,(H,35,38)(H,32,33,34)/t17?,18?,23-/m1/s1. The molecule has 2 unspecified atom stereocenters. The van der Waals surface area contributed by atoms with Gasteiger partial charge in [-0.1, -0.05) is 18.7 Å². The summed E-state index contributed by atoms with van der Waals surface area (Å²) in [5.74, 6) is -0.863. The summed E-state index contributed by atoms with van der Waals surface area (Å²) in [5, 5.41) is 7.62. The van der Waals surface area contributed by atoms with E-state index in [0.29, 0.717) is 54.9 Å². The van der Waals surface area contributed by atoms with Gasteiger partial charge in [-0.2, -0.15) is 0 Å². The van der Waals surface area contributed by atoms with Crippen molar-refractivity contribution < 1.29 is 27.9 Å². The molecule has 2 aromatic carbocycles. The molecule has 1 aromatic heterocycles. The van der Waals surface area contributed by atoms with E-state index in [1.807, 2.05) is 6.07 Å². The van der Waals surface area contributed by atoms with E-state index in [1.54, 1.807) is 19.2 Å². The van der Waals surface area contributed by atoms with Gasteiger partial charge in [0.1, 0.15) is 17.9 Å². The van der Waals surface area contributed by atoms with Gasteiger partial charge in [0, 0.05) is 37.2 Å². The van der Waals surface area contributed by atoms with E-state index in [9.17, 15) is 13.6 Å². The Kier molecular flexibility index (Phi) is 7.41. The number of nitrogens with one attached hydrogen (secondary N) is 2. The summed E-state index contributed by atoms with van der Waals surface area (Å²) in [5.41, 5.74) is 2.13. The predicted octanol–water partition coefficient (Wildman–Crippen LogP) is 4.88. The molecule has 4 heterocycles. The number of anilines is 5. The summed E-state index contributed by atoms with van der Waals surface area (Å²) in [6, 6.07) is 8.83.